The molecular formula is C25H25N7O4S. The van der Waals surface area contributed by atoms with Crippen molar-refractivity contribution in [2.45, 2.75) is 31.0 Å². The Labute approximate surface area is 215 Å². The first-order chi connectivity index (χ1) is 17.9. The number of thiazole rings is 1. The van der Waals surface area contributed by atoms with Crippen LogP contribution in [0.25, 0.3) is 20.8 Å². The van der Waals surface area contributed by atoms with Gasteiger partial charge in [0.15, 0.2) is 0 Å². The van der Waals surface area contributed by atoms with E-state index >= 15 is 0 Å². The summed E-state index contributed by atoms with van der Waals surface area (Å²) >= 11 is 1.49. The highest BCUT2D eigenvalue weighted by molar-refractivity contribution is 7.21. The average molecular weight is 520 g/mol. The van der Waals surface area contributed by atoms with Gasteiger partial charge in [-0.05, 0) is 36.2 Å². The zero-order chi connectivity index (χ0) is 25.9. The molecule has 2 aromatic heterocycles. The Morgan fingerprint density at radius 3 is 2.62 bits per heavy atom. The van der Waals surface area contributed by atoms with Gasteiger partial charge in [-0.25, -0.2) is 9.97 Å². The molecule has 5 rings (SSSR count). The van der Waals surface area contributed by atoms with E-state index in [1.54, 1.807) is 30.5 Å². The van der Waals surface area contributed by atoms with E-state index in [-0.39, 0.29) is 13.0 Å². The van der Waals surface area contributed by atoms with E-state index in [9.17, 15) is 19.9 Å². The van der Waals surface area contributed by atoms with Gasteiger partial charge in [-0.1, -0.05) is 29.4 Å². The molecule has 4 atom stereocenters. The zero-order valence-electron chi connectivity index (χ0n) is 19.6. The Kier molecular flexibility index (Phi) is 7.04. The molecule has 37 heavy (non-hydrogen) atoms. The minimum Gasteiger partial charge on any atom is -0.396 e. The Hall–Kier alpha value is -4.00. The predicted molar refractivity (Wildman–Crippen MR) is 141 cm³/mol. The number of benzene rings is 2. The summed E-state index contributed by atoms with van der Waals surface area (Å²) < 4.78 is 1.01. The minimum atomic E-state index is -1.08. The number of nitrogens with zero attached hydrogens (tertiary/aromatic N) is 4. The lowest BCUT2D eigenvalue weighted by Crippen LogP contribution is -2.34. The molecule has 1 amide bonds. The third kappa shape index (κ3) is 5.26. The van der Waals surface area contributed by atoms with Crippen LogP contribution in [-0.4, -0.2) is 55.9 Å². The first-order valence-electron chi connectivity index (χ1n) is 11.7. The standard InChI is InChI=1S/C25H25N7O4S/c26-20(34)9-13-5-7-15(8-6-13)28-25-27-11-16(24-30-17-3-1-2-4-19(17)37-24)23(31-25)29-18-10-14(12-33)21(32-36)22(18)35/h1-8,11,14,18,21-22,33,35H,9-10,12H2,(H2,26,34)(H2,27,28,29,31)/t14-,18-,21-,22+/m1/s1. The fraction of sp³-hybridized carbons (Fsp3) is 0.280. The lowest BCUT2D eigenvalue weighted by Gasteiger charge is -2.20. The van der Waals surface area contributed by atoms with Crippen LogP contribution in [0.1, 0.15) is 12.0 Å². The fourth-order valence-corrected chi connectivity index (χ4v) is 5.48. The van der Waals surface area contributed by atoms with Crippen molar-refractivity contribution >= 4 is 44.9 Å². The molecule has 0 aliphatic heterocycles. The molecule has 12 heteroatoms. The Morgan fingerprint density at radius 2 is 1.95 bits per heavy atom. The number of aliphatic hydroxyl groups excluding tert-OH is 2. The van der Waals surface area contributed by atoms with Crippen LogP contribution in [0.4, 0.5) is 17.5 Å². The van der Waals surface area contributed by atoms with Crippen LogP contribution in [0.3, 0.4) is 0 Å². The zero-order valence-corrected chi connectivity index (χ0v) is 20.4. The van der Waals surface area contributed by atoms with Crippen LogP contribution in [0.15, 0.2) is 59.9 Å². The van der Waals surface area contributed by atoms with E-state index < -0.39 is 30.0 Å². The molecule has 2 aromatic carbocycles. The molecule has 0 spiro atoms. The van der Waals surface area contributed by atoms with Gasteiger partial charge in [0, 0.05) is 24.4 Å². The van der Waals surface area contributed by atoms with Crippen molar-refractivity contribution in [3.8, 4) is 10.6 Å². The second kappa shape index (κ2) is 10.5. The van der Waals surface area contributed by atoms with Gasteiger partial charge in [0.25, 0.3) is 0 Å². The highest BCUT2D eigenvalue weighted by Crippen LogP contribution is 2.37. The molecule has 0 bridgehead atoms. The van der Waals surface area contributed by atoms with Crippen LogP contribution in [0.5, 0.6) is 0 Å². The molecule has 0 unspecified atom stereocenters. The second-order valence-electron chi connectivity index (χ2n) is 8.92. The van der Waals surface area contributed by atoms with Crippen molar-refractivity contribution in [1.29, 1.82) is 0 Å². The summed E-state index contributed by atoms with van der Waals surface area (Å²) in [5.41, 5.74) is 8.24. The molecule has 1 fully saturated rings. The number of nitrogens with one attached hydrogen (secondary N) is 2. The van der Waals surface area contributed by atoms with E-state index in [0.29, 0.717) is 34.4 Å². The van der Waals surface area contributed by atoms with Gasteiger partial charge >= 0.3 is 0 Å². The summed E-state index contributed by atoms with van der Waals surface area (Å²) in [4.78, 5) is 36.3. The van der Waals surface area contributed by atoms with Gasteiger partial charge in [-0.2, -0.15) is 9.89 Å². The smallest absolute Gasteiger partial charge is 0.229 e. The molecule has 2 heterocycles. The number of hydrogen-bond acceptors (Lipinski definition) is 11. The van der Waals surface area contributed by atoms with E-state index in [1.165, 1.54) is 11.3 Å². The normalized spacial score (nSPS) is 21.1. The van der Waals surface area contributed by atoms with Crippen LogP contribution in [0, 0.1) is 10.8 Å². The number of aliphatic hydroxyl groups is 2. The van der Waals surface area contributed by atoms with E-state index in [0.717, 1.165) is 15.8 Å². The van der Waals surface area contributed by atoms with E-state index in [4.69, 9.17) is 10.7 Å². The molecule has 1 aliphatic rings. The van der Waals surface area contributed by atoms with Crippen molar-refractivity contribution in [3.05, 3.63) is 65.2 Å². The number of hydrogen-bond donors (Lipinski definition) is 5. The number of carbonyl (C=O) groups excluding carboxylic acids is 1. The van der Waals surface area contributed by atoms with Crippen molar-refractivity contribution in [2.24, 2.45) is 16.8 Å². The van der Waals surface area contributed by atoms with Crippen LogP contribution in [-0.2, 0) is 11.2 Å². The molecule has 1 aliphatic carbocycles. The minimum absolute atomic E-state index is 0.150. The molecule has 11 nitrogen and oxygen atoms in total. The van der Waals surface area contributed by atoms with Crippen LogP contribution in [0.2, 0.25) is 0 Å². The average Bonchev–Trinajstić information content (AvgIpc) is 3.45. The molecule has 0 saturated heterocycles. The van der Waals surface area contributed by atoms with Gasteiger partial charge in [-0.3, -0.25) is 4.79 Å². The number of fused-ring (bicyclic) bond motifs is 1. The maximum Gasteiger partial charge on any atom is 0.229 e. The first kappa shape index (κ1) is 24.7. The van der Waals surface area contributed by atoms with Gasteiger partial charge in [0.1, 0.15) is 23.0 Å². The maximum absolute atomic E-state index is 11.3. The van der Waals surface area contributed by atoms with Gasteiger partial charge in [0.2, 0.25) is 11.9 Å². The Morgan fingerprint density at radius 1 is 1.16 bits per heavy atom. The number of aromatic nitrogens is 3. The largest absolute Gasteiger partial charge is 0.396 e. The Balaban J connectivity index is 1.47. The second-order valence-corrected chi connectivity index (χ2v) is 9.95. The highest BCUT2D eigenvalue weighted by Gasteiger charge is 2.43. The summed E-state index contributed by atoms with van der Waals surface area (Å²) in [6.07, 6.45) is 1.07. The lowest BCUT2D eigenvalue weighted by molar-refractivity contribution is -0.117. The fourth-order valence-electron chi connectivity index (χ4n) is 4.50. The van der Waals surface area contributed by atoms with Gasteiger partial charge in [-0.15, -0.1) is 11.3 Å². The number of nitroso groups, excluding NO2 is 1. The number of carbonyl (C=O) groups is 1. The number of anilines is 3. The van der Waals surface area contributed by atoms with E-state index in [2.05, 4.69) is 25.8 Å². The molecule has 1 saturated carbocycles. The molecule has 6 N–H and O–H groups in total. The predicted octanol–water partition coefficient (Wildman–Crippen LogP) is 2.81. The summed E-state index contributed by atoms with van der Waals surface area (Å²) in [6, 6.07) is 13.5. The maximum atomic E-state index is 11.3. The van der Waals surface area contributed by atoms with Crippen molar-refractivity contribution in [2.75, 3.05) is 17.2 Å². The van der Waals surface area contributed by atoms with Crippen molar-refractivity contribution < 1.29 is 15.0 Å². The highest BCUT2D eigenvalue weighted by atomic mass is 32.1. The third-order valence-electron chi connectivity index (χ3n) is 6.38. The SMILES string of the molecule is NC(=O)Cc1ccc(Nc2ncc(-c3nc4ccccc4s3)c(N[C@@H]3C[C@H](CO)[C@@H](N=O)[C@H]3O)n2)cc1. The molecule has 0 radical (unpaired) electrons. The summed E-state index contributed by atoms with van der Waals surface area (Å²) in [6.45, 7) is -0.251. The van der Waals surface area contributed by atoms with Gasteiger partial charge < -0.3 is 26.6 Å². The molecule has 190 valence electrons. The summed E-state index contributed by atoms with van der Waals surface area (Å²) in [5.74, 6) is -0.135. The van der Waals surface area contributed by atoms with Crippen LogP contribution >= 0.6 is 11.3 Å². The topological polar surface area (TPSA) is 176 Å². The number of para-hydroxylation sites is 1. The van der Waals surface area contributed by atoms with Crippen LogP contribution < -0.4 is 16.4 Å². The number of rotatable bonds is 9. The molecular weight excluding hydrogens is 494 g/mol. The summed E-state index contributed by atoms with van der Waals surface area (Å²) in [5, 5.41) is 30.5. The quantitative estimate of drug-likeness (QED) is 0.208. The third-order valence-corrected chi connectivity index (χ3v) is 7.45. The van der Waals surface area contributed by atoms with E-state index in [1.807, 2.05) is 24.3 Å². The summed E-state index contributed by atoms with van der Waals surface area (Å²) in [7, 11) is 0. The van der Waals surface area contributed by atoms with Crippen molar-refractivity contribution in [1.82, 2.24) is 15.0 Å². The van der Waals surface area contributed by atoms with Gasteiger partial charge in [0.05, 0.1) is 28.2 Å². The number of primary amides is 1. The number of amides is 1. The Bertz CT molecular complexity index is 1400. The van der Waals surface area contributed by atoms with Crippen molar-refractivity contribution in [3.63, 3.8) is 0 Å². The first-order valence-corrected chi connectivity index (χ1v) is 12.5. The lowest BCUT2D eigenvalue weighted by atomic mass is 10.1. The number of nitrogens with two attached hydrogens (primary N) is 1. The monoisotopic (exact) mass is 519 g/mol. The molecule has 4 aromatic rings.